The van der Waals surface area contributed by atoms with Crippen LogP contribution in [0, 0.1) is 0 Å². The molecule has 0 saturated carbocycles. The number of nitrogens with one attached hydrogen (secondary N) is 1. The van der Waals surface area contributed by atoms with Gasteiger partial charge >= 0.3 is 0 Å². The van der Waals surface area contributed by atoms with Crippen LogP contribution in [0.1, 0.15) is 13.3 Å². The Morgan fingerprint density at radius 3 is 2.87 bits per heavy atom. The van der Waals surface area contributed by atoms with E-state index in [1.54, 1.807) is 13.2 Å². The van der Waals surface area contributed by atoms with Crippen molar-refractivity contribution in [1.82, 2.24) is 0 Å². The van der Waals surface area contributed by atoms with Gasteiger partial charge in [0, 0.05) is 17.6 Å². The van der Waals surface area contributed by atoms with Gasteiger partial charge in [0.15, 0.2) is 0 Å². The van der Waals surface area contributed by atoms with E-state index in [-0.39, 0.29) is 6.04 Å². The summed E-state index contributed by atoms with van der Waals surface area (Å²) in [6, 6.07) is 5.62. The normalized spacial score (nSPS) is 12.3. The summed E-state index contributed by atoms with van der Waals surface area (Å²) in [5.74, 6) is 0.780. The fourth-order valence-electron chi connectivity index (χ4n) is 1.20. The third kappa shape index (κ3) is 3.61. The number of hydrogen-bond acceptors (Lipinski definition) is 3. The van der Waals surface area contributed by atoms with Gasteiger partial charge in [-0.05, 0) is 24.6 Å². The number of methoxy groups -OCH3 is 1. The summed E-state index contributed by atoms with van der Waals surface area (Å²) >= 11 is 5.90. The number of ether oxygens (including phenoxy) is 1. The van der Waals surface area contributed by atoms with Gasteiger partial charge in [0.05, 0.1) is 12.8 Å². The maximum absolute atomic E-state index is 5.90. The summed E-state index contributed by atoms with van der Waals surface area (Å²) in [5.41, 5.74) is 6.70. The molecule has 0 radical (unpaired) electrons. The molecule has 0 amide bonds. The van der Waals surface area contributed by atoms with Crippen LogP contribution in [0.5, 0.6) is 5.75 Å². The molecule has 3 nitrogen and oxygen atoms in total. The van der Waals surface area contributed by atoms with Crippen LogP contribution in [0.25, 0.3) is 0 Å². The molecule has 1 atom stereocenters. The average Bonchev–Trinajstić information content (AvgIpc) is 2.26. The standard InChI is InChI=1S/C11H17ClN2O/c1-3-9(13)7-14-10-6-8(12)4-5-11(10)15-2/h4-6,9,14H,3,7,13H2,1-2H3. The minimum absolute atomic E-state index is 0.147. The molecular weight excluding hydrogens is 212 g/mol. The maximum atomic E-state index is 5.90. The van der Waals surface area contributed by atoms with E-state index < -0.39 is 0 Å². The minimum Gasteiger partial charge on any atom is -0.495 e. The molecule has 1 rings (SSSR count). The lowest BCUT2D eigenvalue weighted by Crippen LogP contribution is -2.28. The number of rotatable bonds is 5. The van der Waals surface area contributed by atoms with E-state index in [9.17, 15) is 0 Å². The van der Waals surface area contributed by atoms with Crippen LogP contribution in [0.15, 0.2) is 18.2 Å². The molecule has 84 valence electrons. The molecular formula is C11H17ClN2O. The van der Waals surface area contributed by atoms with Crippen LogP contribution < -0.4 is 15.8 Å². The monoisotopic (exact) mass is 228 g/mol. The van der Waals surface area contributed by atoms with Crippen LogP contribution in [0.4, 0.5) is 5.69 Å². The van der Waals surface area contributed by atoms with Crippen molar-refractivity contribution in [3.05, 3.63) is 23.2 Å². The lowest BCUT2D eigenvalue weighted by atomic mass is 10.2. The molecule has 0 aliphatic rings. The van der Waals surface area contributed by atoms with Crippen molar-refractivity contribution in [2.24, 2.45) is 5.73 Å². The first-order chi connectivity index (χ1) is 7.17. The Hall–Kier alpha value is -0.930. The Balaban J connectivity index is 2.69. The number of nitrogens with two attached hydrogens (primary N) is 1. The second-order valence-corrected chi connectivity index (χ2v) is 3.83. The molecule has 0 saturated heterocycles. The number of anilines is 1. The van der Waals surface area contributed by atoms with Crippen LogP contribution >= 0.6 is 11.6 Å². The fraction of sp³-hybridized carbons (Fsp3) is 0.455. The molecule has 0 bridgehead atoms. The molecule has 0 heterocycles. The van der Waals surface area contributed by atoms with Crippen molar-refractivity contribution in [1.29, 1.82) is 0 Å². The van der Waals surface area contributed by atoms with Gasteiger partial charge in [-0.25, -0.2) is 0 Å². The highest BCUT2D eigenvalue weighted by Gasteiger charge is 2.04. The van der Waals surface area contributed by atoms with Crippen molar-refractivity contribution in [2.45, 2.75) is 19.4 Å². The lowest BCUT2D eigenvalue weighted by molar-refractivity contribution is 0.416. The Morgan fingerprint density at radius 1 is 1.53 bits per heavy atom. The van der Waals surface area contributed by atoms with E-state index in [1.807, 2.05) is 12.1 Å². The SMILES string of the molecule is CCC(N)CNc1cc(Cl)ccc1OC. The molecule has 15 heavy (non-hydrogen) atoms. The van der Waals surface area contributed by atoms with Gasteiger partial charge in [0.1, 0.15) is 5.75 Å². The van der Waals surface area contributed by atoms with E-state index in [0.29, 0.717) is 11.6 Å². The summed E-state index contributed by atoms with van der Waals surface area (Å²) in [5, 5.41) is 3.90. The van der Waals surface area contributed by atoms with Crippen LogP contribution in [0.3, 0.4) is 0 Å². The molecule has 1 aromatic carbocycles. The minimum atomic E-state index is 0.147. The van der Waals surface area contributed by atoms with Crippen LogP contribution in [0.2, 0.25) is 5.02 Å². The van der Waals surface area contributed by atoms with Crippen LogP contribution in [-0.4, -0.2) is 19.7 Å². The molecule has 3 N–H and O–H groups in total. The first kappa shape index (κ1) is 12.1. The average molecular weight is 229 g/mol. The Bertz CT molecular complexity index is 317. The topological polar surface area (TPSA) is 47.3 Å². The van der Waals surface area contributed by atoms with E-state index in [1.165, 1.54) is 0 Å². The molecule has 4 heteroatoms. The quantitative estimate of drug-likeness (QED) is 0.814. The summed E-state index contributed by atoms with van der Waals surface area (Å²) in [6.45, 7) is 2.77. The Kier molecular flexibility index (Phi) is 4.72. The second-order valence-electron chi connectivity index (χ2n) is 3.39. The maximum Gasteiger partial charge on any atom is 0.142 e. The van der Waals surface area contributed by atoms with Crippen molar-refractivity contribution >= 4 is 17.3 Å². The first-order valence-electron chi connectivity index (χ1n) is 5.00. The zero-order valence-electron chi connectivity index (χ0n) is 9.09. The molecule has 0 fully saturated rings. The molecule has 1 aromatic rings. The first-order valence-corrected chi connectivity index (χ1v) is 5.38. The molecule has 0 spiro atoms. The van der Waals surface area contributed by atoms with E-state index in [0.717, 1.165) is 17.9 Å². The highest BCUT2D eigenvalue weighted by Crippen LogP contribution is 2.27. The Morgan fingerprint density at radius 2 is 2.27 bits per heavy atom. The molecule has 0 aromatic heterocycles. The van der Waals surface area contributed by atoms with Crippen molar-refractivity contribution < 1.29 is 4.74 Å². The molecule has 0 aliphatic heterocycles. The molecule has 1 unspecified atom stereocenters. The zero-order chi connectivity index (χ0) is 11.3. The molecule has 0 aliphatic carbocycles. The van der Waals surface area contributed by atoms with Gasteiger partial charge in [-0.2, -0.15) is 0 Å². The van der Waals surface area contributed by atoms with Gasteiger partial charge in [0.2, 0.25) is 0 Å². The highest BCUT2D eigenvalue weighted by molar-refractivity contribution is 6.30. The van der Waals surface area contributed by atoms with Gasteiger partial charge < -0.3 is 15.8 Å². The number of halogens is 1. The van der Waals surface area contributed by atoms with E-state index in [4.69, 9.17) is 22.1 Å². The highest BCUT2D eigenvalue weighted by atomic mass is 35.5. The number of benzene rings is 1. The van der Waals surface area contributed by atoms with E-state index in [2.05, 4.69) is 12.2 Å². The van der Waals surface area contributed by atoms with Crippen molar-refractivity contribution in [3.8, 4) is 5.75 Å². The van der Waals surface area contributed by atoms with Gasteiger partial charge in [-0.1, -0.05) is 18.5 Å². The van der Waals surface area contributed by atoms with Gasteiger partial charge in [-0.15, -0.1) is 0 Å². The smallest absolute Gasteiger partial charge is 0.142 e. The third-order valence-corrected chi connectivity index (χ3v) is 2.48. The predicted octanol–water partition coefficient (Wildman–Crippen LogP) is 2.50. The van der Waals surface area contributed by atoms with Crippen LogP contribution in [-0.2, 0) is 0 Å². The number of hydrogen-bond donors (Lipinski definition) is 2. The van der Waals surface area contributed by atoms with Crippen molar-refractivity contribution in [3.63, 3.8) is 0 Å². The predicted molar refractivity (Wildman–Crippen MR) is 64.8 cm³/mol. The summed E-state index contributed by atoms with van der Waals surface area (Å²) in [7, 11) is 1.63. The van der Waals surface area contributed by atoms with Gasteiger partial charge in [0.25, 0.3) is 0 Å². The fourth-order valence-corrected chi connectivity index (χ4v) is 1.38. The lowest BCUT2D eigenvalue weighted by Gasteiger charge is -2.14. The third-order valence-electron chi connectivity index (χ3n) is 2.24. The second kappa shape index (κ2) is 5.83. The summed E-state index contributed by atoms with van der Waals surface area (Å²) in [4.78, 5) is 0. The van der Waals surface area contributed by atoms with Crippen molar-refractivity contribution in [2.75, 3.05) is 19.0 Å². The zero-order valence-corrected chi connectivity index (χ0v) is 9.84. The van der Waals surface area contributed by atoms with E-state index >= 15 is 0 Å². The summed E-state index contributed by atoms with van der Waals surface area (Å²) < 4.78 is 5.20. The summed E-state index contributed by atoms with van der Waals surface area (Å²) in [6.07, 6.45) is 0.940. The largest absolute Gasteiger partial charge is 0.495 e. The van der Waals surface area contributed by atoms with Gasteiger partial charge in [-0.3, -0.25) is 0 Å². The Labute approximate surface area is 95.6 Å².